The topological polar surface area (TPSA) is 41.6 Å². The molecule has 0 aromatic heterocycles. The van der Waals surface area contributed by atoms with Gasteiger partial charge in [-0.2, -0.15) is 0 Å². The molecule has 0 amide bonds. The molecule has 1 atom stereocenters. The summed E-state index contributed by atoms with van der Waals surface area (Å²) in [5.41, 5.74) is 1.83. The summed E-state index contributed by atoms with van der Waals surface area (Å²) in [6.45, 7) is 4.61. The van der Waals surface area contributed by atoms with Crippen molar-refractivity contribution in [1.82, 2.24) is 10.2 Å². The Morgan fingerprint density at radius 2 is 2.00 bits per heavy atom. The molecule has 3 saturated heterocycles. The molecule has 0 radical (unpaired) electrons. The van der Waals surface area contributed by atoms with Crippen LogP contribution in [0.1, 0.15) is 28.8 Å². The van der Waals surface area contributed by atoms with E-state index in [2.05, 4.69) is 10.2 Å². The number of carbonyl (C=O) groups excluding carboxylic acids is 1. The molecule has 3 aliphatic rings. The summed E-state index contributed by atoms with van der Waals surface area (Å²) in [5, 5.41) is 3.67. The third-order valence-corrected chi connectivity index (χ3v) is 4.60. The molecule has 1 unspecified atom stereocenters. The molecule has 0 saturated carbocycles. The second-order valence-corrected chi connectivity index (χ2v) is 5.81. The number of rotatable bonds is 4. The summed E-state index contributed by atoms with van der Waals surface area (Å²) in [4.78, 5) is 13.9. The standard InChI is InChI=1S/C16H22N2O2/c1-20-16(19)14-4-2-12(3-5-14)10-17-15-11-18-8-6-13(15)7-9-18/h2-5,13,15,17H,6-11H2,1H3. The quantitative estimate of drug-likeness (QED) is 0.848. The van der Waals surface area contributed by atoms with Crippen LogP contribution in [0.2, 0.25) is 0 Å². The Morgan fingerprint density at radius 3 is 2.55 bits per heavy atom. The fourth-order valence-electron chi connectivity index (χ4n) is 3.32. The zero-order valence-corrected chi connectivity index (χ0v) is 12.0. The van der Waals surface area contributed by atoms with Gasteiger partial charge in [-0.1, -0.05) is 12.1 Å². The summed E-state index contributed by atoms with van der Waals surface area (Å²) in [5.74, 6) is 0.566. The van der Waals surface area contributed by atoms with Crippen molar-refractivity contribution in [3.63, 3.8) is 0 Å². The largest absolute Gasteiger partial charge is 0.465 e. The SMILES string of the molecule is COC(=O)c1ccc(CNC2CN3CCC2CC3)cc1. The first-order valence-corrected chi connectivity index (χ1v) is 7.39. The Balaban J connectivity index is 1.54. The summed E-state index contributed by atoms with van der Waals surface area (Å²) >= 11 is 0. The van der Waals surface area contributed by atoms with Gasteiger partial charge < -0.3 is 15.0 Å². The van der Waals surface area contributed by atoms with Crippen LogP contribution in [-0.4, -0.2) is 43.7 Å². The highest BCUT2D eigenvalue weighted by Crippen LogP contribution is 2.27. The number of piperidine rings is 3. The Kier molecular flexibility index (Phi) is 4.03. The van der Waals surface area contributed by atoms with Gasteiger partial charge in [-0.3, -0.25) is 0 Å². The normalized spacial score (nSPS) is 28.4. The van der Waals surface area contributed by atoms with Crippen LogP contribution >= 0.6 is 0 Å². The molecule has 4 heteroatoms. The van der Waals surface area contributed by atoms with Gasteiger partial charge in [-0.05, 0) is 49.5 Å². The summed E-state index contributed by atoms with van der Waals surface area (Å²) in [6, 6.07) is 8.29. The predicted octanol–water partition coefficient (Wildman–Crippen LogP) is 1.66. The monoisotopic (exact) mass is 274 g/mol. The maximum Gasteiger partial charge on any atom is 0.337 e. The smallest absolute Gasteiger partial charge is 0.337 e. The number of ether oxygens (including phenoxy) is 1. The van der Waals surface area contributed by atoms with E-state index in [1.54, 1.807) is 0 Å². The number of benzene rings is 1. The molecule has 20 heavy (non-hydrogen) atoms. The lowest BCUT2D eigenvalue weighted by atomic mass is 9.84. The molecule has 3 fully saturated rings. The first-order chi connectivity index (χ1) is 9.76. The van der Waals surface area contributed by atoms with Gasteiger partial charge in [-0.15, -0.1) is 0 Å². The minimum atomic E-state index is -0.276. The first kappa shape index (κ1) is 13.6. The zero-order chi connectivity index (χ0) is 13.9. The van der Waals surface area contributed by atoms with Crippen LogP contribution in [0, 0.1) is 5.92 Å². The van der Waals surface area contributed by atoms with E-state index in [0.717, 1.165) is 12.5 Å². The fourth-order valence-corrected chi connectivity index (χ4v) is 3.32. The molecule has 1 aromatic rings. The van der Waals surface area contributed by atoms with Crippen molar-refractivity contribution in [2.75, 3.05) is 26.7 Å². The van der Waals surface area contributed by atoms with Crippen molar-refractivity contribution in [2.24, 2.45) is 5.92 Å². The second kappa shape index (κ2) is 5.94. The molecular weight excluding hydrogens is 252 g/mol. The van der Waals surface area contributed by atoms with Gasteiger partial charge in [0.05, 0.1) is 12.7 Å². The van der Waals surface area contributed by atoms with Gasteiger partial charge in [0.1, 0.15) is 0 Å². The lowest BCUT2D eigenvalue weighted by Crippen LogP contribution is -2.55. The van der Waals surface area contributed by atoms with Crippen molar-refractivity contribution in [3.8, 4) is 0 Å². The van der Waals surface area contributed by atoms with Gasteiger partial charge >= 0.3 is 5.97 Å². The third-order valence-electron chi connectivity index (χ3n) is 4.60. The number of nitrogens with one attached hydrogen (secondary N) is 1. The van der Waals surface area contributed by atoms with E-state index < -0.39 is 0 Å². The maximum atomic E-state index is 11.4. The second-order valence-electron chi connectivity index (χ2n) is 5.81. The number of esters is 1. The van der Waals surface area contributed by atoms with E-state index in [1.165, 1.54) is 45.1 Å². The fraction of sp³-hybridized carbons (Fsp3) is 0.562. The first-order valence-electron chi connectivity index (χ1n) is 7.39. The van der Waals surface area contributed by atoms with Crippen LogP contribution in [0.25, 0.3) is 0 Å². The third kappa shape index (κ3) is 2.86. The average molecular weight is 274 g/mol. The summed E-state index contributed by atoms with van der Waals surface area (Å²) < 4.78 is 4.70. The molecule has 4 nitrogen and oxygen atoms in total. The molecule has 1 N–H and O–H groups in total. The van der Waals surface area contributed by atoms with Crippen molar-refractivity contribution < 1.29 is 9.53 Å². The molecule has 4 rings (SSSR count). The van der Waals surface area contributed by atoms with Crippen LogP contribution in [0.15, 0.2) is 24.3 Å². The number of methoxy groups -OCH3 is 1. The number of hydrogen-bond donors (Lipinski definition) is 1. The highest BCUT2D eigenvalue weighted by molar-refractivity contribution is 5.89. The average Bonchev–Trinajstić information content (AvgIpc) is 2.54. The van der Waals surface area contributed by atoms with Gasteiger partial charge in [0, 0.05) is 19.1 Å². The number of nitrogens with zero attached hydrogens (tertiary/aromatic N) is 1. The lowest BCUT2D eigenvalue weighted by Gasteiger charge is -2.45. The Labute approximate surface area is 120 Å². The highest BCUT2D eigenvalue weighted by Gasteiger charge is 2.33. The Hall–Kier alpha value is -1.39. The Morgan fingerprint density at radius 1 is 1.30 bits per heavy atom. The van der Waals surface area contributed by atoms with E-state index in [9.17, 15) is 4.79 Å². The van der Waals surface area contributed by atoms with Gasteiger partial charge in [0.25, 0.3) is 0 Å². The molecule has 108 valence electrons. The summed E-state index contributed by atoms with van der Waals surface area (Å²) in [7, 11) is 1.41. The van der Waals surface area contributed by atoms with Crippen molar-refractivity contribution >= 4 is 5.97 Å². The van der Waals surface area contributed by atoms with Crippen molar-refractivity contribution in [2.45, 2.75) is 25.4 Å². The number of fused-ring (bicyclic) bond motifs is 3. The van der Waals surface area contributed by atoms with Crippen LogP contribution in [0.5, 0.6) is 0 Å². The minimum Gasteiger partial charge on any atom is -0.465 e. The Bertz CT molecular complexity index is 464. The number of carbonyl (C=O) groups is 1. The number of hydrogen-bond acceptors (Lipinski definition) is 4. The van der Waals surface area contributed by atoms with E-state index in [4.69, 9.17) is 4.74 Å². The van der Waals surface area contributed by atoms with Crippen LogP contribution in [0.3, 0.4) is 0 Å². The highest BCUT2D eigenvalue weighted by atomic mass is 16.5. The maximum absolute atomic E-state index is 11.4. The van der Waals surface area contributed by atoms with Gasteiger partial charge in [0.15, 0.2) is 0 Å². The molecule has 1 aromatic carbocycles. The molecule has 3 heterocycles. The van der Waals surface area contributed by atoms with Crippen LogP contribution < -0.4 is 5.32 Å². The summed E-state index contributed by atoms with van der Waals surface area (Å²) in [6.07, 6.45) is 2.66. The van der Waals surface area contributed by atoms with Crippen LogP contribution in [0.4, 0.5) is 0 Å². The lowest BCUT2D eigenvalue weighted by molar-refractivity contribution is 0.0600. The molecular formula is C16H22N2O2. The van der Waals surface area contributed by atoms with Crippen molar-refractivity contribution in [1.29, 1.82) is 0 Å². The zero-order valence-electron chi connectivity index (χ0n) is 12.0. The van der Waals surface area contributed by atoms with E-state index in [0.29, 0.717) is 11.6 Å². The van der Waals surface area contributed by atoms with Gasteiger partial charge in [-0.25, -0.2) is 4.79 Å². The minimum absolute atomic E-state index is 0.276. The molecule has 3 aliphatic heterocycles. The predicted molar refractivity (Wildman–Crippen MR) is 77.6 cm³/mol. The molecule has 0 spiro atoms. The van der Waals surface area contributed by atoms with Gasteiger partial charge in [0.2, 0.25) is 0 Å². The van der Waals surface area contributed by atoms with E-state index >= 15 is 0 Å². The molecule has 0 aliphatic carbocycles. The van der Waals surface area contributed by atoms with E-state index in [-0.39, 0.29) is 5.97 Å². The van der Waals surface area contributed by atoms with Crippen molar-refractivity contribution in [3.05, 3.63) is 35.4 Å². The van der Waals surface area contributed by atoms with Crippen LogP contribution in [-0.2, 0) is 11.3 Å². The van der Waals surface area contributed by atoms with E-state index in [1.807, 2.05) is 24.3 Å². The molecule has 2 bridgehead atoms.